The first-order chi connectivity index (χ1) is 6.44. The first kappa shape index (κ1) is 10.9. The minimum absolute atomic E-state index is 0.185. The summed E-state index contributed by atoms with van der Waals surface area (Å²) in [6.45, 7) is 3.57. The Hall–Kier alpha value is -1.21. The van der Waals surface area contributed by atoms with Crippen molar-refractivity contribution >= 4 is 21.6 Å². The van der Waals surface area contributed by atoms with Crippen LogP contribution in [0.3, 0.4) is 0 Å². The number of nitriles is 1. The Labute approximate surface area is 91.5 Å². The van der Waals surface area contributed by atoms with Gasteiger partial charge in [0.15, 0.2) is 0 Å². The molecule has 4 heteroatoms. The molecule has 0 saturated heterocycles. The van der Waals surface area contributed by atoms with Crippen molar-refractivity contribution in [3.63, 3.8) is 0 Å². The molecule has 0 aliphatic heterocycles. The normalized spacial score (nSPS) is 10.7. The minimum atomic E-state index is -0.615. The summed E-state index contributed by atoms with van der Waals surface area (Å²) < 4.78 is 0.608. The molecular weight excluding hydrogens is 244 g/mol. The van der Waals surface area contributed by atoms with Crippen molar-refractivity contribution in [2.75, 3.05) is 5.32 Å². The van der Waals surface area contributed by atoms with E-state index in [1.807, 2.05) is 0 Å². The van der Waals surface area contributed by atoms with E-state index in [0.29, 0.717) is 4.47 Å². The van der Waals surface area contributed by atoms with Crippen molar-refractivity contribution in [2.45, 2.75) is 19.4 Å². The van der Waals surface area contributed by atoms with Gasteiger partial charge in [-0.3, -0.25) is 0 Å². The standard InChI is InChI=1S/C10H11BrN2O/c1-10(2,6-12)13-7-3-4-9(14)8(11)5-7/h3-5,13-14H,1-2H3. The van der Waals surface area contributed by atoms with Crippen LogP contribution in [0.15, 0.2) is 22.7 Å². The fourth-order valence-electron chi connectivity index (χ4n) is 0.973. The number of hydrogen-bond donors (Lipinski definition) is 2. The van der Waals surface area contributed by atoms with Crippen LogP contribution < -0.4 is 5.32 Å². The molecule has 1 aromatic rings. The van der Waals surface area contributed by atoms with Gasteiger partial charge in [0.25, 0.3) is 0 Å². The second-order valence-electron chi connectivity index (χ2n) is 3.53. The van der Waals surface area contributed by atoms with Gasteiger partial charge in [0.2, 0.25) is 0 Å². The third-order valence-electron chi connectivity index (χ3n) is 1.68. The van der Waals surface area contributed by atoms with E-state index in [0.717, 1.165) is 5.69 Å². The highest BCUT2D eigenvalue weighted by atomic mass is 79.9. The number of aromatic hydroxyl groups is 1. The highest BCUT2D eigenvalue weighted by Crippen LogP contribution is 2.27. The molecule has 0 atom stereocenters. The molecule has 0 aliphatic carbocycles. The maximum Gasteiger partial charge on any atom is 0.129 e. The molecule has 3 nitrogen and oxygen atoms in total. The number of nitrogens with zero attached hydrogens (tertiary/aromatic N) is 1. The topological polar surface area (TPSA) is 56.0 Å². The van der Waals surface area contributed by atoms with Gasteiger partial charge in [-0.1, -0.05) is 0 Å². The lowest BCUT2D eigenvalue weighted by Gasteiger charge is -2.19. The van der Waals surface area contributed by atoms with Crippen LogP contribution in [0.4, 0.5) is 5.69 Å². The van der Waals surface area contributed by atoms with E-state index in [2.05, 4.69) is 27.3 Å². The highest BCUT2D eigenvalue weighted by molar-refractivity contribution is 9.10. The van der Waals surface area contributed by atoms with Crippen LogP contribution >= 0.6 is 15.9 Å². The van der Waals surface area contributed by atoms with Gasteiger partial charge in [0.1, 0.15) is 11.3 Å². The number of hydrogen-bond acceptors (Lipinski definition) is 3. The van der Waals surface area contributed by atoms with Gasteiger partial charge in [0.05, 0.1) is 10.5 Å². The Bertz CT molecular complexity index is 382. The number of anilines is 1. The van der Waals surface area contributed by atoms with Crippen molar-refractivity contribution in [1.82, 2.24) is 0 Å². The lowest BCUT2D eigenvalue weighted by molar-refractivity contribution is 0.472. The fraction of sp³-hybridized carbons (Fsp3) is 0.300. The van der Waals surface area contributed by atoms with E-state index in [9.17, 15) is 5.11 Å². The molecule has 1 aromatic carbocycles. The predicted molar refractivity (Wildman–Crippen MR) is 59.1 cm³/mol. The zero-order valence-electron chi connectivity index (χ0n) is 8.00. The molecule has 0 fully saturated rings. The summed E-state index contributed by atoms with van der Waals surface area (Å²) in [6, 6.07) is 7.16. The summed E-state index contributed by atoms with van der Waals surface area (Å²) in [5.74, 6) is 0.185. The van der Waals surface area contributed by atoms with Crippen molar-refractivity contribution < 1.29 is 5.11 Å². The molecule has 0 spiro atoms. The molecule has 0 amide bonds. The molecule has 0 aliphatic rings. The zero-order chi connectivity index (χ0) is 10.8. The van der Waals surface area contributed by atoms with Gasteiger partial charge < -0.3 is 10.4 Å². The van der Waals surface area contributed by atoms with Crippen molar-refractivity contribution in [1.29, 1.82) is 5.26 Å². The molecular formula is C10H11BrN2O. The lowest BCUT2D eigenvalue weighted by Crippen LogP contribution is -2.28. The third-order valence-corrected chi connectivity index (χ3v) is 2.32. The van der Waals surface area contributed by atoms with Gasteiger partial charge in [-0.05, 0) is 48.0 Å². The van der Waals surface area contributed by atoms with Crippen molar-refractivity contribution in [3.05, 3.63) is 22.7 Å². The molecule has 0 unspecified atom stereocenters. The Morgan fingerprint density at radius 1 is 1.50 bits per heavy atom. The van der Waals surface area contributed by atoms with Crippen LogP contribution in [-0.4, -0.2) is 10.6 Å². The fourth-order valence-corrected chi connectivity index (χ4v) is 1.35. The van der Waals surface area contributed by atoms with E-state index < -0.39 is 5.54 Å². The number of nitrogens with one attached hydrogen (secondary N) is 1. The number of benzene rings is 1. The maximum absolute atomic E-state index is 9.26. The molecule has 0 saturated carbocycles. The summed E-state index contributed by atoms with van der Waals surface area (Å²) >= 11 is 3.20. The van der Waals surface area contributed by atoms with Crippen molar-refractivity contribution in [2.24, 2.45) is 0 Å². The van der Waals surface area contributed by atoms with Crippen LogP contribution in [0.25, 0.3) is 0 Å². The number of phenolic OH excluding ortho intramolecular Hbond substituents is 1. The van der Waals surface area contributed by atoms with Gasteiger partial charge in [0, 0.05) is 5.69 Å². The van der Waals surface area contributed by atoms with Gasteiger partial charge in [-0.2, -0.15) is 5.26 Å². The second kappa shape index (κ2) is 3.89. The zero-order valence-corrected chi connectivity index (χ0v) is 9.59. The molecule has 14 heavy (non-hydrogen) atoms. The van der Waals surface area contributed by atoms with E-state index in [4.69, 9.17) is 5.26 Å². The monoisotopic (exact) mass is 254 g/mol. The Balaban J connectivity index is 2.90. The van der Waals surface area contributed by atoms with Gasteiger partial charge in [-0.25, -0.2) is 0 Å². The smallest absolute Gasteiger partial charge is 0.129 e. The summed E-state index contributed by atoms with van der Waals surface area (Å²) in [6.07, 6.45) is 0. The van der Waals surface area contributed by atoms with Crippen LogP contribution in [0.1, 0.15) is 13.8 Å². The summed E-state index contributed by atoms with van der Waals surface area (Å²) in [5, 5.41) is 21.1. The maximum atomic E-state index is 9.26. The minimum Gasteiger partial charge on any atom is -0.507 e. The number of halogens is 1. The first-order valence-corrected chi connectivity index (χ1v) is 4.92. The van der Waals surface area contributed by atoms with E-state index in [-0.39, 0.29) is 5.75 Å². The molecule has 0 bridgehead atoms. The first-order valence-electron chi connectivity index (χ1n) is 4.12. The van der Waals surface area contributed by atoms with Crippen LogP contribution in [0, 0.1) is 11.3 Å². The second-order valence-corrected chi connectivity index (χ2v) is 4.38. The molecule has 0 aromatic heterocycles. The summed E-state index contributed by atoms with van der Waals surface area (Å²) in [7, 11) is 0. The lowest BCUT2D eigenvalue weighted by atomic mass is 10.1. The number of rotatable bonds is 2. The molecule has 0 radical (unpaired) electrons. The summed E-state index contributed by atoms with van der Waals surface area (Å²) in [4.78, 5) is 0. The van der Waals surface area contributed by atoms with E-state index in [1.54, 1.807) is 32.0 Å². The third kappa shape index (κ3) is 2.64. The molecule has 0 heterocycles. The number of phenols is 1. The van der Waals surface area contributed by atoms with Crippen LogP contribution in [-0.2, 0) is 0 Å². The average Bonchev–Trinajstić information content (AvgIpc) is 2.11. The average molecular weight is 255 g/mol. The Morgan fingerprint density at radius 2 is 2.14 bits per heavy atom. The molecule has 74 valence electrons. The van der Waals surface area contributed by atoms with Crippen molar-refractivity contribution in [3.8, 4) is 11.8 Å². The SMILES string of the molecule is CC(C)(C#N)Nc1ccc(O)c(Br)c1. The van der Waals surface area contributed by atoms with Gasteiger partial charge >= 0.3 is 0 Å². The van der Waals surface area contributed by atoms with Crippen LogP contribution in [0.5, 0.6) is 5.75 Å². The Morgan fingerprint density at radius 3 is 2.64 bits per heavy atom. The van der Waals surface area contributed by atoms with E-state index >= 15 is 0 Å². The Kier molecular flexibility index (Phi) is 3.02. The largest absolute Gasteiger partial charge is 0.507 e. The molecule has 2 N–H and O–H groups in total. The van der Waals surface area contributed by atoms with Gasteiger partial charge in [-0.15, -0.1) is 0 Å². The van der Waals surface area contributed by atoms with E-state index in [1.165, 1.54) is 0 Å². The summed E-state index contributed by atoms with van der Waals surface area (Å²) in [5.41, 5.74) is 0.178. The van der Waals surface area contributed by atoms with Crippen LogP contribution in [0.2, 0.25) is 0 Å². The quantitative estimate of drug-likeness (QED) is 0.799. The molecule has 1 rings (SSSR count). The predicted octanol–water partition coefficient (Wildman–Crippen LogP) is 2.87. The highest BCUT2D eigenvalue weighted by Gasteiger charge is 2.15.